The van der Waals surface area contributed by atoms with Crippen molar-refractivity contribution in [2.24, 2.45) is 17.6 Å². The van der Waals surface area contributed by atoms with Crippen LogP contribution in [0.3, 0.4) is 0 Å². The Morgan fingerprint density at radius 1 is 1.07 bits per heavy atom. The molecule has 0 aromatic heterocycles. The molecule has 41 heavy (non-hydrogen) atoms. The van der Waals surface area contributed by atoms with Gasteiger partial charge in [0.25, 0.3) is 5.91 Å². The van der Waals surface area contributed by atoms with Gasteiger partial charge in [0.2, 0.25) is 15.8 Å². The standard InChI is InChI=1S/C28H29N3O9S/c1-31(2)22-17-11-13-10-16-15(12-4-6-14(7-5-12)30-41(3,39)40)8-9-18(32)20(16)23(33)19(13)25(35)28(17,38)26(36)21(24(22)34)27(29)37/h4-9,13,17,22,30,32-33,36,38H,10-11H2,1-3H3,(H2,29,37)/t13-,17-,22+,28-/m0/s1. The minimum atomic E-state index is -3.49. The summed E-state index contributed by atoms with van der Waals surface area (Å²) in [4.78, 5) is 40.7. The van der Waals surface area contributed by atoms with E-state index in [1.807, 2.05) is 0 Å². The van der Waals surface area contributed by atoms with Crippen molar-refractivity contribution < 1.29 is 43.2 Å². The van der Waals surface area contributed by atoms with Crippen molar-refractivity contribution in [3.05, 3.63) is 64.4 Å². The highest BCUT2D eigenvalue weighted by molar-refractivity contribution is 7.92. The first-order chi connectivity index (χ1) is 19.1. The van der Waals surface area contributed by atoms with Gasteiger partial charge in [0.15, 0.2) is 11.4 Å². The number of sulfonamides is 1. The van der Waals surface area contributed by atoms with E-state index in [2.05, 4.69) is 4.72 Å². The molecule has 1 fully saturated rings. The summed E-state index contributed by atoms with van der Waals surface area (Å²) in [5.41, 5.74) is 3.58. The molecule has 3 aliphatic rings. The lowest BCUT2D eigenvalue weighted by molar-refractivity contribution is -0.153. The van der Waals surface area contributed by atoms with Crippen molar-refractivity contribution in [2.75, 3.05) is 25.1 Å². The van der Waals surface area contributed by atoms with Gasteiger partial charge >= 0.3 is 0 Å². The summed E-state index contributed by atoms with van der Waals surface area (Å²) >= 11 is 0. The summed E-state index contributed by atoms with van der Waals surface area (Å²) in [6.45, 7) is 0. The van der Waals surface area contributed by atoms with Gasteiger partial charge in [-0.3, -0.25) is 24.0 Å². The number of anilines is 1. The Bertz CT molecular complexity index is 1690. The lowest BCUT2D eigenvalue weighted by Gasteiger charge is -2.50. The van der Waals surface area contributed by atoms with E-state index in [0.717, 1.165) is 6.26 Å². The Kier molecular flexibility index (Phi) is 6.52. The highest BCUT2D eigenvalue weighted by atomic mass is 32.2. The van der Waals surface area contributed by atoms with Crippen LogP contribution in [-0.4, -0.2) is 83.2 Å². The van der Waals surface area contributed by atoms with Crippen molar-refractivity contribution in [1.29, 1.82) is 0 Å². The molecule has 0 saturated heterocycles. The molecular formula is C28H29N3O9S. The topological polar surface area (TPSA) is 208 Å². The third-order valence-corrected chi connectivity index (χ3v) is 8.71. The number of hydrogen-bond acceptors (Lipinski definition) is 10. The van der Waals surface area contributed by atoms with Crippen molar-refractivity contribution in [3.63, 3.8) is 0 Å². The first-order valence-corrected chi connectivity index (χ1v) is 14.5. The van der Waals surface area contributed by atoms with Gasteiger partial charge in [0.05, 0.1) is 17.9 Å². The Balaban J connectivity index is 1.67. The van der Waals surface area contributed by atoms with Crippen LogP contribution in [0.25, 0.3) is 16.9 Å². The fourth-order valence-corrected chi connectivity index (χ4v) is 7.01. The second-order valence-electron chi connectivity index (χ2n) is 10.9. The Morgan fingerprint density at radius 2 is 1.71 bits per heavy atom. The van der Waals surface area contributed by atoms with E-state index >= 15 is 0 Å². The number of aromatic hydroxyl groups is 1. The fourth-order valence-electron chi connectivity index (χ4n) is 6.45. The summed E-state index contributed by atoms with van der Waals surface area (Å²) < 4.78 is 25.5. The maximum Gasteiger partial charge on any atom is 0.255 e. The van der Waals surface area contributed by atoms with E-state index in [-0.39, 0.29) is 29.7 Å². The molecule has 13 heteroatoms. The molecule has 0 heterocycles. The van der Waals surface area contributed by atoms with Crippen LogP contribution in [0.5, 0.6) is 5.75 Å². The van der Waals surface area contributed by atoms with Crippen LogP contribution in [0.15, 0.2) is 53.3 Å². The van der Waals surface area contributed by atoms with Gasteiger partial charge in [-0.25, -0.2) is 8.42 Å². The number of Topliss-reactive ketones (excluding diaryl/α,β-unsaturated/α-hetero) is 2. The maximum atomic E-state index is 13.9. The molecule has 0 unspecified atom stereocenters. The Labute approximate surface area is 235 Å². The van der Waals surface area contributed by atoms with Crippen LogP contribution in [-0.2, 0) is 30.8 Å². The average molecular weight is 584 g/mol. The Hall–Kier alpha value is -4.20. The predicted molar refractivity (Wildman–Crippen MR) is 148 cm³/mol. The number of primary amides is 1. The van der Waals surface area contributed by atoms with Crippen LogP contribution in [0.2, 0.25) is 0 Å². The van der Waals surface area contributed by atoms with Crippen LogP contribution < -0.4 is 10.5 Å². The van der Waals surface area contributed by atoms with E-state index in [4.69, 9.17) is 5.73 Å². The number of hydrogen-bond donors (Lipinski definition) is 6. The molecule has 12 nitrogen and oxygen atoms in total. The number of carbonyl (C=O) groups is 3. The molecule has 4 atom stereocenters. The third kappa shape index (κ3) is 4.28. The van der Waals surface area contributed by atoms with Gasteiger partial charge in [-0.1, -0.05) is 18.2 Å². The van der Waals surface area contributed by atoms with Crippen LogP contribution >= 0.6 is 0 Å². The molecule has 5 rings (SSSR count). The average Bonchev–Trinajstić information content (AvgIpc) is 2.85. The minimum absolute atomic E-state index is 0.0297. The normalized spacial score (nSPS) is 26.0. The highest BCUT2D eigenvalue weighted by Crippen LogP contribution is 2.53. The first kappa shape index (κ1) is 28.3. The monoisotopic (exact) mass is 583 g/mol. The molecule has 0 radical (unpaired) electrons. The van der Waals surface area contributed by atoms with Crippen molar-refractivity contribution >= 4 is 38.9 Å². The summed E-state index contributed by atoms with van der Waals surface area (Å²) in [7, 11) is -0.424. The number of likely N-dealkylation sites (N-methyl/N-ethyl adjacent to an activating group) is 1. The Morgan fingerprint density at radius 3 is 2.27 bits per heavy atom. The largest absolute Gasteiger partial charge is 0.508 e. The number of aliphatic hydroxyl groups excluding tert-OH is 2. The van der Waals surface area contributed by atoms with Crippen molar-refractivity contribution in [2.45, 2.75) is 24.5 Å². The number of nitrogens with zero attached hydrogens (tertiary/aromatic N) is 1. The highest BCUT2D eigenvalue weighted by Gasteiger charge is 2.64. The molecular weight excluding hydrogens is 554 g/mol. The van der Waals surface area contributed by atoms with E-state index in [1.54, 1.807) is 30.3 Å². The zero-order chi connectivity index (χ0) is 30.2. The second-order valence-corrected chi connectivity index (χ2v) is 12.6. The van der Waals surface area contributed by atoms with Gasteiger partial charge in [-0.05, 0) is 67.7 Å². The smallest absolute Gasteiger partial charge is 0.255 e. The van der Waals surface area contributed by atoms with Gasteiger partial charge in [-0.15, -0.1) is 0 Å². The van der Waals surface area contributed by atoms with E-state index in [1.165, 1.54) is 25.1 Å². The number of benzene rings is 2. The number of ketones is 2. The number of phenolic OH excluding ortho intramolecular Hbond substituents is 1. The van der Waals surface area contributed by atoms with E-state index in [9.17, 15) is 43.2 Å². The van der Waals surface area contributed by atoms with Crippen molar-refractivity contribution in [3.8, 4) is 16.9 Å². The van der Waals surface area contributed by atoms with Crippen LogP contribution in [0, 0.1) is 11.8 Å². The SMILES string of the molecule is CN(C)[C@H]1C(=O)C(C(N)=O)=C(O)[C@@]2(O)C(=O)C3=C(O)c4c(O)ccc(-c5ccc(NS(C)(=O)=O)cc5)c4C[C@H]3C[C@@H]12. The third-order valence-electron chi connectivity index (χ3n) is 8.10. The lowest BCUT2D eigenvalue weighted by atomic mass is 9.57. The number of phenols is 1. The zero-order valence-electron chi connectivity index (χ0n) is 22.4. The van der Waals surface area contributed by atoms with Gasteiger partial charge in [0, 0.05) is 17.2 Å². The quantitative estimate of drug-likeness (QED) is 0.275. The van der Waals surface area contributed by atoms with Gasteiger partial charge in [0.1, 0.15) is 22.8 Å². The molecule has 2 aromatic carbocycles. The molecule has 1 saturated carbocycles. The van der Waals surface area contributed by atoms with Gasteiger partial charge in [-0.2, -0.15) is 0 Å². The molecule has 3 aliphatic carbocycles. The van der Waals surface area contributed by atoms with Crippen LogP contribution in [0.1, 0.15) is 17.5 Å². The maximum absolute atomic E-state index is 13.9. The van der Waals surface area contributed by atoms with E-state index < -0.39 is 68.1 Å². The predicted octanol–water partition coefficient (Wildman–Crippen LogP) is 1.00. The fraction of sp³-hybridized carbons (Fsp3) is 0.321. The summed E-state index contributed by atoms with van der Waals surface area (Å²) in [6.07, 6.45) is 1.13. The summed E-state index contributed by atoms with van der Waals surface area (Å²) in [5, 5.41) is 44.7. The number of rotatable bonds is 5. The minimum Gasteiger partial charge on any atom is -0.508 e. The molecule has 216 valence electrons. The number of carbonyl (C=O) groups excluding carboxylic acids is 3. The van der Waals surface area contributed by atoms with Crippen LogP contribution in [0.4, 0.5) is 5.69 Å². The number of fused-ring (bicyclic) bond motifs is 3. The molecule has 0 spiro atoms. The second kappa shape index (κ2) is 9.43. The number of nitrogens with one attached hydrogen (secondary N) is 1. The number of nitrogens with two attached hydrogens (primary N) is 1. The summed E-state index contributed by atoms with van der Waals surface area (Å²) in [5.74, 6) is -7.16. The van der Waals surface area contributed by atoms with Gasteiger partial charge < -0.3 is 26.2 Å². The molecule has 1 amide bonds. The number of amides is 1. The lowest BCUT2D eigenvalue weighted by Crippen LogP contribution is -2.65. The first-order valence-electron chi connectivity index (χ1n) is 12.7. The molecule has 2 aromatic rings. The summed E-state index contributed by atoms with van der Waals surface area (Å²) in [6, 6.07) is 8.24. The molecule has 0 bridgehead atoms. The number of aliphatic hydroxyl groups is 3. The zero-order valence-corrected chi connectivity index (χ0v) is 23.2. The molecule has 0 aliphatic heterocycles. The molecule has 7 N–H and O–H groups in total. The van der Waals surface area contributed by atoms with E-state index in [0.29, 0.717) is 22.4 Å². The van der Waals surface area contributed by atoms with Crippen molar-refractivity contribution in [1.82, 2.24) is 4.90 Å².